The molecule has 2 heterocycles. The Morgan fingerprint density at radius 2 is 2.32 bits per heavy atom. The molecule has 1 unspecified atom stereocenters. The van der Waals surface area contributed by atoms with Gasteiger partial charge in [-0.15, -0.1) is 0 Å². The molecule has 0 spiro atoms. The highest BCUT2D eigenvalue weighted by Gasteiger charge is 2.25. The van der Waals surface area contributed by atoms with Gasteiger partial charge in [-0.05, 0) is 24.6 Å². The lowest BCUT2D eigenvalue weighted by molar-refractivity contribution is 0.456. The third-order valence-corrected chi connectivity index (χ3v) is 5.05. The van der Waals surface area contributed by atoms with E-state index < -0.39 is 9.84 Å². The number of hydrogen-bond donors (Lipinski definition) is 1. The molecular formula is C13H16N2O3S. The van der Waals surface area contributed by atoms with Gasteiger partial charge >= 0.3 is 0 Å². The van der Waals surface area contributed by atoms with Crippen molar-refractivity contribution in [1.29, 1.82) is 0 Å². The molecule has 1 N–H and O–H groups in total. The summed E-state index contributed by atoms with van der Waals surface area (Å²) in [7, 11) is -2.92. The quantitative estimate of drug-likeness (QED) is 0.890. The largest absolute Gasteiger partial charge is 0.441 e. The summed E-state index contributed by atoms with van der Waals surface area (Å²) in [6.45, 7) is 2.50. The predicted octanol–water partition coefficient (Wildman–Crippen LogP) is 1.07. The van der Waals surface area contributed by atoms with Crippen molar-refractivity contribution in [2.75, 3.05) is 18.1 Å². The summed E-state index contributed by atoms with van der Waals surface area (Å²) in [6.07, 6.45) is 0.507. The molecule has 5 nitrogen and oxygen atoms in total. The first kappa shape index (κ1) is 12.6. The smallest absolute Gasteiger partial charge is 0.197 e. The fraction of sp³-hybridized carbons (Fsp3) is 0.462. The zero-order valence-electron chi connectivity index (χ0n) is 10.7. The summed E-state index contributed by atoms with van der Waals surface area (Å²) in [5, 5.41) is 3.20. The van der Waals surface area contributed by atoms with Crippen molar-refractivity contribution in [1.82, 2.24) is 10.3 Å². The van der Waals surface area contributed by atoms with E-state index in [1.807, 2.05) is 25.1 Å². The molecule has 1 aliphatic heterocycles. The molecule has 6 heteroatoms. The predicted molar refractivity (Wildman–Crippen MR) is 72.9 cm³/mol. The van der Waals surface area contributed by atoms with Gasteiger partial charge in [0.15, 0.2) is 21.3 Å². The second-order valence-electron chi connectivity index (χ2n) is 5.05. The molecular weight excluding hydrogens is 264 g/mol. The second kappa shape index (κ2) is 4.61. The summed E-state index contributed by atoms with van der Waals surface area (Å²) < 4.78 is 28.8. The summed E-state index contributed by atoms with van der Waals surface area (Å²) in [4.78, 5) is 4.39. The standard InChI is InChI=1S/C13H16N2O3S/c1-9-2-3-11-12(6-9)18-13(15-11)7-10-8-19(16,17)5-4-14-10/h2-3,6,10,14H,4-5,7-8H2,1H3. The van der Waals surface area contributed by atoms with E-state index in [4.69, 9.17) is 4.42 Å². The third-order valence-electron chi connectivity index (χ3n) is 3.31. The minimum Gasteiger partial charge on any atom is -0.441 e. The molecule has 1 aliphatic rings. The molecule has 3 rings (SSSR count). The molecule has 0 amide bonds. The molecule has 1 aromatic heterocycles. The Labute approximate surface area is 111 Å². The minimum atomic E-state index is -2.92. The Morgan fingerprint density at radius 1 is 1.47 bits per heavy atom. The van der Waals surface area contributed by atoms with E-state index in [0.29, 0.717) is 18.9 Å². The van der Waals surface area contributed by atoms with Crippen LogP contribution >= 0.6 is 0 Å². The molecule has 1 fully saturated rings. The molecule has 102 valence electrons. The molecule has 0 aliphatic carbocycles. The highest BCUT2D eigenvalue weighted by atomic mass is 32.2. The number of fused-ring (bicyclic) bond motifs is 1. The average Bonchev–Trinajstić information content (AvgIpc) is 2.68. The van der Waals surface area contributed by atoms with E-state index in [9.17, 15) is 8.42 Å². The van der Waals surface area contributed by atoms with Crippen LogP contribution in [-0.4, -0.2) is 37.5 Å². The first-order valence-corrected chi connectivity index (χ1v) is 8.14. The summed E-state index contributed by atoms with van der Waals surface area (Å²) in [5.41, 5.74) is 2.70. The molecule has 0 radical (unpaired) electrons. The number of rotatable bonds is 2. The summed E-state index contributed by atoms with van der Waals surface area (Å²) >= 11 is 0. The van der Waals surface area contributed by atoms with Crippen molar-refractivity contribution in [2.24, 2.45) is 0 Å². The SMILES string of the molecule is Cc1ccc2nc(CC3CS(=O)(=O)CCN3)oc2c1. The summed E-state index contributed by atoms with van der Waals surface area (Å²) in [5.74, 6) is 0.969. The molecule has 0 bridgehead atoms. The lowest BCUT2D eigenvalue weighted by atomic mass is 10.2. The fourth-order valence-electron chi connectivity index (χ4n) is 2.38. The number of oxazole rings is 1. The van der Waals surface area contributed by atoms with Crippen LogP contribution in [0.25, 0.3) is 11.1 Å². The average molecular weight is 280 g/mol. The monoisotopic (exact) mass is 280 g/mol. The van der Waals surface area contributed by atoms with Crippen molar-refractivity contribution in [2.45, 2.75) is 19.4 Å². The molecule has 1 saturated heterocycles. The van der Waals surface area contributed by atoms with E-state index in [1.54, 1.807) is 0 Å². The highest BCUT2D eigenvalue weighted by molar-refractivity contribution is 7.91. The van der Waals surface area contributed by atoms with Crippen LogP contribution in [0, 0.1) is 6.92 Å². The van der Waals surface area contributed by atoms with Crippen LogP contribution < -0.4 is 5.32 Å². The van der Waals surface area contributed by atoms with Crippen molar-refractivity contribution >= 4 is 20.9 Å². The lowest BCUT2D eigenvalue weighted by Gasteiger charge is -2.22. The topological polar surface area (TPSA) is 72.2 Å². The van der Waals surface area contributed by atoms with Crippen LogP contribution in [0.1, 0.15) is 11.5 Å². The molecule has 1 atom stereocenters. The van der Waals surface area contributed by atoms with Gasteiger partial charge in [0.1, 0.15) is 5.52 Å². The van der Waals surface area contributed by atoms with Crippen LogP contribution in [0.4, 0.5) is 0 Å². The van der Waals surface area contributed by atoms with Crippen molar-refractivity contribution in [3.05, 3.63) is 29.7 Å². The number of sulfone groups is 1. The van der Waals surface area contributed by atoms with Gasteiger partial charge in [-0.25, -0.2) is 13.4 Å². The van der Waals surface area contributed by atoms with Crippen LogP contribution in [0.2, 0.25) is 0 Å². The van der Waals surface area contributed by atoms with E-state index in [-0.39, 0.29) is 17.5 Å². The van der Waals surface area contributed by atoms with Crippen LogP contribution in [0.5, 0.6) is 0 Å². The van der Waals surface area contributed by atoms with Gasteiger partial charge in [0.25, 0.3) is 0 Å². The Hall–Kier alpha value is -1.40. The van der Waals surface area contributed by atoms with Crippen molar-refractivity contribution in [3.8, 4) is 0 Å². The Kier molecular flexibility index (Phi) is 3.06. The van der Waals surface area contributed by atoms with Gasteiger partial charge in [0.2, 0.25) is 0 Å². The van der Waals surface area contributed by atoms with E-state index in [1.165, 1.54) is 0 Å². The van der Waals surface area contributed by atoms with Crippen molar-refractivity contribution < 1.29 is 12.8 Å². The Bertz CT molecular complexity index is 706. The molecule has 2 aromatic rings. The fourth-order valence-corrected chi connectivity index (χ4v) is 3.82. The lowest BCUT2D eigenvalue weighted by Crippen LogP contribution is -2.46. The maximum Gasteiger partial charge on any atom is 0.197 e. The van der Waals surface area contributed by atoms with Gasteiger partial charge in [0, 0.05) is 19.0 Å². The van der Waals surface area contributed by atoms with Crippen LogP contribution in [-0.2, 0) is 16.3 Å². The van der Waals surface area contributed by atoms with E-state index >= 15 is 0 Å². The van der Waals surface area contributed by atoms with Gasteiger partial charge < -0.3 is 9.73 Å². The molecule has 19 heavy (non-hydrogen) atoms. The number of aromatic nitrogens is 1. The van der Waals surface area contributed by atoms with Crippen LogP contribution in [0.3, 0.4) is 0 Å². The molecule has 1 aromatic carbocycles. The van der Waals surface area contributed by atoms with Gasteiger partial charge in [-0.2, -0.15) is 0 Å². The number of nitrogens with one attached hydrogen (secondary N) is 1. The third kappa shape index (κ3) is 2.79. The van der Waals surface area contributed by atoms with E-state index in [2.05, 4.69) is 10.3 Å². The molecule has 0 saturated carbocycles. The number of benzene rings is 1. The zero-order chi connectivity index (χ0) is 13.5. The van der Waals surface area contributed by atoms with E-state index in [0.717, 1.165) is 16.7 Å². The maximum atomic E-state index is 11.6. The number of aryl methyl sites for hydroxylation is 1. The first-order valence-electron chi connectivity index (χ1n) is 6.32. The highest BCUT2D eigenvalue weighted by Crippen LogP contribution is 2.18. The second-order valence-corrected chi connectivity index (χ2v) is 7.28. The van der Waals surface area contributed by atoms with Gasteiger partial charge in [-0.1, -0.05) is 6.07 Å². The Morgan fingerprint density at radius 3 is 3.11 bits per heavy atom. The summed E-state index contributed by atoms with van der Waals surface area (Å²) in [6, 6.07) is 5.74. The van der Waals surface area contributed by atoms with Crippen LogP contribution in [0.15, 0.2) is 22.6 Å². The Balaban J connectivity index is 1.81. The number of nitrogens with zero attached hydrogens (tertiary/aromatic N) is 1. The first-order chi connectivity index (χ1) is 9.02. The van der Waals surface area contributed by atoms with Gasteiger partial charge in [0.05, 0.1) is 11.5 Å². The zero-order valence-corrected chi connectivity index (χ0v) is 11.5. The van der Waals surface area contributed by atoms with Crippen molar-refractivity contribution in [3.63, 3.8) is 0 Å². The maximum absolute atomic E-state index is 11.6. The number of hydrogen-bond acceptors (Lipinski definition) is 5. The normalized spacial score (nSPS) is 22.7. The van der Waals surface area contributed by atoms with Gasteiger partial charge in [-0.3, -0.25) is 0 Å². The minimum absolute atomic E-state index is 0.104.